The highest BCUT2D eigenvalue weighted by Gasteiger charge is 2.42. The van der Waals surface area contributed by atoms with Crippen molar-refractivity contribution in [3.8, 4) is 0 Å². The quantitative estimate of drug-likeness (QED) is 0.561. The van der Waals surface area contributed by atoms with E-state index in [9.17, 15) is 0 Å². The Bertz CT molecular complexity index is 106. The van der Waals surface area contributed by atoms with E-state index in [-0.39, 0.29) is 6.61 Å². The molecule has 0 spiro atoms. The van der Waals surface area contributed by atoms with Crippen LogP contribution in [-0.2, 0) is 17.7 Å². The van der Waals surface area contributed by atoms with Gasteiger partial charge in [0, 0.05) is 27.4 Å². The molecule has 0 saturated carbocycles. The molecule has 0 saturated heterocycles. The molecule has 0 N–H and O–H groups in total. The lowest BCUT2D eigenvalue weighted by Gasteiger charge is -2.23. The first-order valence-electron chi connectivity index (χ1n) is 3.83. The number of hydrogen-bond donors (Lipinski definition) is 0. The van der Waals surface area contributed by atoms with E-state index in [2.05, 4.69) is 0 Å². The van der Waals surface area contributed by atoms with Gasteiger partial charge in [0.05, 0.1) is 0 Å². The Morgan fingerprint density at radius 2 is 1.75 bits per heavy atom. The Morgan fingerprint density at radius 3 is 2.08 bits per heavy atom. The zero-order chi connectivity index (χ0) is 9.45. The molecule has 4 nitrogen and oxygen atoms in total. The molecule has 72 valence electrons. The van der Waals surface area contributed by atoms with E-state index < -0.39 is 9.05 Å². The van der Waals surface area contributed by atoms with Gasteiger partial charge in [0.2, 0.25) is 0 Å². The van der Waals surface area contributed by atoms with Crippen molar-refractivity contribution in [3.05, 3.63) is 6.92 Å². The van der Waals surface area contributed by atoms with Crippen molar-refractivity contribution < 1.29 is 17.7 Å². The predicted molar refractivity (Wildman–Crippen MR) is 46.3 cm³/mol. The van der Waals surface area contributed by atoms with E-state index in [1.807, 2.05) is 6.92 Å². The molecule has 0 aromatic rings. The van der Waals surface area contributed by atoms with E-state index in [4.69, 9.17) is 24.6 Å². The van der Waals surface area contributed by atoms with Crippen LogP contribution in [0.2, 0.25) is 0 Å². The molecule has 0 amide bonds. The molecule has 0 aliphatic carbocycles. The third-order valence-corrected chi connectivity index (χ3v) is 3.32. The maximum absolute atomic E-state index is 5.31. The summed E-state index contributed by atoms with van der Waals surface area (Å²) in [4.78, 5) is 0. The van der Waals surface area contributed by atoms with Gasteiger partial charge in [-0.2, -0.15) is 0 Å². The normalized spacial score (nSPS) is 12.0. The van der Waals surface area contributed by atoms with Gasteiger partial charge in [-0.25, -0.2) is 0 Å². The van der Waals surface area contributed by atoms with Crippen LogP contribution in [-0.4, -0.2) is 36.5 Å². The van der Waals surface area contributed by atoms with Crippen LogP contribution in [0.4, 0.5) is 0 Å². The maximum atomic E-state index is 5.31. The second kappa shape index (κ2) is 6.56. The topological polar surface area (TPSA) is 36.9 Å². The van der Waals surface area contributed by atoms with Gasteiger partial charge in [0.1, 0.15) is 0 Å². The number of rotatable bonds is 7. The average molecular weight is 192 g/mol. The second-order valence-electron chi connectivity index (χ2n) is 2.07. The molecule has 0 heterocycles. The Hall–Kier alpha value is 0.0569. The molecule has 12 heavy (non-hydrogen) atoms. The van der Waals surface area contributed by atoms with Crippen molar-refractivity contribution in [2.24, 2.45) is 0 Å². The van der Waals surface area contributed by atoms with Crippen LogP contribution in [0.1, 0.15) is 13.3 Å². The molecule has 5 heteroatoms. The largest absolute Gasteiger partial charge is 0.679 e. The third kappa shape index (κ3) is 3.64. The van der Waals surface area contributed by atoms with Gasteiger partial charge in [-0.15, -0.1) is 0 Å². The van der Waals surface area contributed by atoms with E-state index in [0.29, 0.717) is 6.61 Å². The molecule has 0 aliphatic rings. The summed E-state index contributed by atoms with van der Waals surface area (Å²) in [5.41, 5.74) is 0. The summed E-state index contributed by atoms with van der Waals surface area (Å²) >= 11 is 0. The van der Waals surface area contributed by atoms with Crippen LogP contribution in [0.5, 0.6) is 0 Å². The maximum Gasteiger partial charge on any atom is 0.679 e. The van der Waals surface area contributed by atoms with Gasteiger partial charge < -0.3 is 17.7 Å². The van der Waals surface area contributed by atoms with Gasteiger partial charge in [0.25, 0.3) is 0 Å². The van der Waals surface area contributed by atoms with E-state index >= 15 is 0 Å². The molecule has 0 bridgehead atoms. The van der Waals surface area contributed by atoms with Crippen molar-refractivity contribution >= 4 is 9.05 Å². The average Bonchev–Trinajstić information content (AvgIpc) is 2.13. The van der Waals surface area contributed by atoms with Crippen LogP contribution >= 0.6 is 0 Å². The van der Waals surface area contributed by atoms with Crippen molar-refractivity contribution in [1.29, 1.82) is 0 Å². The zero-order valence-corrected chi connectivity index (χ0v) is 8.83. The number of hydrogen-bond acceptors (Lipinski definition) is 4. The Balaban J connectivity index is 3.95. The zero-order valence-electron chi connectivity index (χ0n) is 7.83. The fourth-order valence-corrected chi connectivity index (χ4v) is 2.07. The van der Waals surface area contributed by atoms with Crippen LogP contribution in [0.25, 0.3) is 0 Å². The minimum Gasteiger partial charge on any atom is -0.355 e. The van der Waals surface area contributed by atoms with Gasteiger partial charge in [0.15, 0.2) is 0 Å². The summed E-state index contributed by atoms with van der Waals surface area (Å²) < 4.78 is 20.4. The van der Waals surface area contributed by atoms with Crippen LogP contribution in [0.15, 0.2) is 0 Å². The van der Waals surface area contributed by atoms with Gasteiger partial charge in [-0.3, -0.25) is 0 Å². The minimum atomic E-state index is -2.89. The molecule has 0 unspecified atom stereocenters. The van der Waals surface area contributed by atoms with E-state index in [1.54, 1.807) is 0 Å². The summed E-state index contributed by atoms with van der Waals surface area (Å²) in [6.07, 6.45) is 0.884. The summed E-state index contributed by atoms with van der Waals surface area (Å²) in [6, 6.07) is 0. The van der Waals surface area contributed by atoms with E-state index in [0.717, 1.165) is 6.42 Å². The third-order valence-electron chi connectivity index (χ3n) is 1.24. The highest BCUT2D eigenvalue weighted by molar-refractivity contribution is 6.53. The highest BCUT2D eigenvalue weighted by Crippen LogP contribution is 2.09. The monoisotopic (exact) mass is 192 g/mol. The molecular weight excluding hydrogens is 176 g/mol. The SMILES string of the molecule is [CH]CO[Si](OC)(OC)OCCC. The summed E-state index contributed by atoms with van der Waals surface area (Å²) in [6.45, 7) is 7.79. The first kappa shape index (κ1) is 12.1. The predicted octanol–water partition coefficient (Wildman–Crippen LogP) is 0.869. The van der Waals surface area contributed by atoms with Crippen molar-refractivity contribution in [2.75, 3.05) is 27.4 Å². The lowest BCUT2D eigenvalue weighted by atomic mass is 10.5. The van der Waals surface area contributed by atoms with Gasteiger partial charge in [-0.05, 0) is 13.3 Å². The lowest BCUT2D eigenvalue weighted by molar-refractivity contribution is -0.00260. The Labute approximate surface area is 75.3 Å². The van der Waals surface area contributed by atoms with Crippen LogP contribution in [0, 0.1) is 6.92 Å². The van der Waals surface area contributed by atoms with Crippen LogP contribution < -0.4 is 0 Å². The molecule has 0 aromatic heterocycles. The minimum absolute atomic E-state index is 0.0393. The smallest absolute Gasteiger partial charge is 0.355 e. The first-order chi connectivity index (χ1) is 5.74. The Morgan fingerprint density at radius 1 is 1.17 bits per heavy atom. The van der Waals surface area contributed by atoms with Crippen molar-refractivity contribution in [2.45, 2.75) is 13.3 Å². The molecule has 0 aromatic carbocycles. The molecular formula is C7H16O4Si. The molecule has 0 aliphatic heterocycles. The molecule has 0 rings (SSSR count). The van der Waals surface area contributed by atoms with Crippen LogP contribution in [0.3, 0.4) is 0 Å². The first-order valence-corrected chi connectivity index (χ1v) is 5.46. The van der Waals surface area contributed by atoms with Crippen molar-refractivity contribution in [1.82, 2.24) is 0 Å². The standard InChI is InChI=1S/C7H16O4Si/c1-5-7-11-12(8-3,9-4)10-6-2/h2H,5-7H2,1,3-4H3. The van der Waals surface area contributed by atoms with Crippen molar-refractivity contribution in [3.63, 3.8) is 0 Å². The highest BCUT2D eigenvalue weighted by atomic mass is 28.4. The lowest BCUT2D eigenvalue weighted by Crippen LogP contribution is -2.47. The fraction of sp³-hybridized carbons (Fsp3) is 0.857. The van der Waals surface area contributed by atoms with Gasteiger partial charge in [-0.1, -0.05) is 6.92 Å². The summed E-state index contributed by atoms with van der Waals surface area (Å²) in [5.74, 6) is 0. The Kier molecular flexibility index (Phi) is 6.59. The second-order valence-corrected chi connectivity index (χ2v) is 4.46. The fourth-order valence-electron chi connectivity index (χ4n) is 0.690. The molecule has 0 atom stereocenters. The molecule has 0 fully saturated rings. The van der Waals surface area contributed by atoms with Gasteiger partial charge >= 0.3 is 9.05 Å². The summed E-state index contributed by atoms with van der Waals surface area (Å²) in [5, 5.41) is 0. The van der Waals surface area contributed by atoms with E-state index in [1.165, 1.54) is 14.2 Å². The summed E-state index contributed by atoms with van der Waals surface area (Å²) in [7, 11) is 0.0849. The molecule has 2 radical (unpaired) electrons.